The fourth-order valence-corrected chi connectivity index (χ4v) is 2.50. The number of carbonyl (C=O) groups is 1. The molecule has 0 bridgehead atoms. The fourth-order valence-electron chi connectivity index (χ4n) is 2.50. The van der Waals surface area contributed by atoms with Crippen LogP contribution in [0.1, 0.15) is 35.5 Å². The SMILES string of the molecule is CC1(C)Cc2cncnc2-c2onc(C(N)=O)c21. The van der Waals surface area contributed by atoms with E-state index in [1.54, 1.807) is 6.20 Å². The minimum absolute atomic E-state index is 0.194. The summed E-state index contributed by atoms with van der Waals surface area (Å²) in [7, 11) is 0. The molecule has 3 rings (SSSR count). The maximum Gasteiger partial charge on any atom is 0.271 e. The zero-order valence-electron chi connectivity index (χ0n) is 10.1. The summed E-state index contributed by atoms with van der Waals surface area (Å²) in [4.78, 5) is 19.6. The normalized spacial score (nSPS) is 15.9. The highest BCUT2D eigenvalue weighted by Crippen LogP contribution is 2.43. The second-order valence-electron chi connectivity index (χ2n) is 5.06. The third-order valence-electron chi connectivity index (χ3n) is 3.24. The second-order valence-corrected chi connectivity index (χ2v) is 5.06. The Kier molecular flexibility index (Phi) is 2.04. The third kappa shape index (κ3) is 1.35. The molecule has 0 aromatic carbocycles. The number of primary amides is 1. The lowest BCUT2D eigenvalue weighted by Gasteiger charge is -2.29. The first-order valence-electron chi connectivity index (χ1n) is 5.60. The summed E-state index contributed by atoms with van der Waals surface area (Å²) in [6.45, 7) is 4.04. The Morgan fingerprint density at radius 2 is 2.28 bits per heavy atom. The molecule has 0 saturated carbocycles. The van der Waals surface area contributed by atoms with Crippen LogP contribution in [-0.4, -0.2) is 21.0 Å². The molecule has 1 aliphatic rings. The van der Waals surface area contributed by atoms with Gasteiger partial charge in [0.1, 0.15) is 12.0 Å². The van der Waals surface area contributed by atoms with Crippen molar-refractivity contribution in [3.8, 4) is 11.5 Å². The molecule has 6 heteroatoms. The van der Waals surface area contributed by atoms with Gasteiger partial charge in [-0.1, -0.05) is 19.0 Å². The van der Waals surface area contributed by atoms with Crippen molar-refractivity contribution in [1.82, 2.24) is 15.1 Å². The Hall–Kier alpha value is -2.24. The summed E-state index contributed by atoms with van der Waals surface area (Å²) in [5, 5.41) is 3.78. The molecular weight excluding hydrogens is 232 g/mol. The van der Waals surface area contributed by atoms with Crippen molar-refractivity contribution in [3.05, 3.63) is 29.3 Å². The van der Waals surface area contributed by atoms with Crippen molar-refractivity contribution in [2.75, 3.05) is 0 Å². The Labute approximate surface area is 103 Å². The number of nitrogens with zero attached hydrogens (tertiary/aromatic N) is 3. The lowest BCUT2D eigenvalue weighted by Crippen LogP contribution is -2.29. The molecular formula is C12H12N4O2. The van der Waals surface area contributed by atoms with Gasteiger partial charge in [-0.25, -0.2) is 9.97 Å². The first-order chi connectivity index (χ1) is 8.50. The van der Waals surface area contributed by atoms with Gasteiger partial charge in [0.25, 0.3) is 5.91 Å². The van der Waals surface area contributed by atoms with Crippen LogP contribution >= 0.6 is 0 Å². The van der Waals surface area contributed by atoms with E-state index in [4.69, 9.17) is 10.3 Å². The van der Waals surface area contributed by atoms with Crippen LogP contribution in [0.15, 0.2) is 17.0 Å². The van der Waals surface area contributed by atoms with Crippen LogP contribution in [0, 0.1) is 0 Å². The average molecular weight is 244 g/mol. The zero-order chi connectivity index (χ0) is 12.9. The molecule has 1 aliphatic carbocycles. The maximum absolute atomic E-state index is 11.4. The van der Waals surface area contributed by atoms with E-state index in [1.165, 1.54) is 6.33 Å². The first-order valence-corrected chi connectivity index (χ1v) is 5.60. The molecule has 0 fully saturated rings. The number of aromatic nitrogens is 3. The van der Waals surface area contributed by atoms with Crippen LogP contribution < -0.4 is 5.73 Å². The van der Waals surface area contributed by atoms with Gasteiger partial charge in [0, 0.05) is 22.7 Å². The Morgan fingerprint density at radius 3 is 3.00 bits per heavy atom. The van der Waals surface area contributed by atoms with Gasteiger partial charge in [-0.05, 0) is 6.42 Å². The summed E-state index contributed by atoms with van der Waals surface area (Å²) >= 11 is 0. The summed E-state index contributed by atoms with van der Waals surface area (Å²) in [5.41, 5.74) is 7.66. The van der Waals surface area contributed by atoms with Crippen molar-refractivity contribution in [2.45, 2.75) is 25.7 Å². The smallest absolute Gasteiger partial charge is 0.271 e. The van der Waals surface area contributed by atoms with E-state index < -0.39 is 5.91 Å². The molecule has 2 N–H and O–H groups in total. The van der Waals surface area contributed by atoms with Gasteiger partial charge in [0.2, 0.25) is 0 Å². The molecule has 0 aliphatic heterocycles. The number of nitrogens with two attached hydrogens (primary N) is 1. The quantitative estimate of drug-likeness (QED) is 0.809. The van der Waals surface area contributed by atoms with Gasteiger partial charge < -0.3 is 10.3 Å². The van der Waals surface area contributed by atoms with Gasteiger partial charge >= 0.3 is 0 Å². The lowest BCUT2D eigenvalue weighted by atomic mass is 9.73. The van der Waals surface area contributed by atoms with E-state index in [0.717, 1.165) is 17.5 Å². The van der Waals surface area contributed by atoms with E-state index in [-0.39, 0.29) is 11.1 Å². The number of amides is 1. The predicted molar refractivity (Wildman–Crippen MR) is 62.8 cm³/mol. The zero-order valence-corrected chi connectivity index (χ0v) is 10.1. The first kappa shape index (κ1) is 10.9. The molecule has 0 unspecified atom stereocenters. The molecule has 0 spiro atoms. The highest BCUT2D eigenvalue weighted by atomic mass is 16.5. The Bertz CT molecular complexity index is 645. The van der Waals surface area contributed by atoms with Gasteiger partial charge in [-0.2, -0.15) is 0 Å². The van der Waals surface area contributed by atoms with Crippen molar-refractivity contribution >= 4 is 5.91 Å². The average Bonchev–Trinajstić information content (AvgIpc) is 2.74. The molecule has 0 atom stereocenters. The third-order valence-corrected chi connectivity index (χ3v) is 3.24. The van der Waals surface area contributed by atoms with Crippen LogP contribution in [0.25, 0.3) is 11.5 Å². The van der Waals surface area contributed by atoms with Crippen LogP contribution in [0.5, 0.6) is 0 Å². The van der Waals surface area contributed by atoms with E-state index >= 15 is 0 Å². The standard InChI is InChI=1S/C12H12N4O2/c1-12(2)3-6-4-14-5-15-8(6)10-7(12)9(11(13)17)16-18-10/h4-5H,3H2,1-2H3,(H2,13,17). The van der Waals surface area contributed by atoms with E-state index in [9.17, 15) is 4.79 Å². The number of hydrogen-bond acceptors (Lipinski definition) is 5. The molecule has 2 heterocycles. The fraction of sp³-hybridized carbons (Fsp3) is 0.333. The minimum Gasteiger partial charge on any atom is -0.364 e. The topological polar surface area (TPSA) is 94.9 Å². The molecule has 2 aromatic heterocycles. The number of fused-ring (bicyclic) bond motifs is 3. The molecule has 18 heavy (non-hydrogen) atoms. The molecule has 1 amide bonds. The van der Waals surface area contributed by atoms with Crippen molar-refractivity contribution in [2.24, 2.45) is 5.73 Å². The van der Waals surface area contributed by atoms with Crippen LogP contribution in [0.3, 0.4) is 0 Å². The largest absolute Gasteiger partial charge is 0.364 e. The summed E-state index contributed by atoms with van der Waals surface area (Å²) in [6.07, 6.45) is 3.94. The van der Waals surface area contributed by atoms with Gasteiger partial charge in [-0.3, -0.25) is 4.79 Å². The van der Waals surface area contributed by atoms with Crippen LogP contribution in [0.4, 0.5) is 0 Å². The van der Waals surface area contributed by atoms with Crippen LogP contribution in [0.2, 0.25) is 0 Å². The summed E-state index contributed by atoms with van der Waals surface area (Å²) in [5.74, 6) is -0.0527. The van der Waals surface area contributed by atoms with Crippen molar-refractivity contribution in [3.63, 3.8) is 0 Å². The molecule has 0 saturated heterocycles. The van der Waals surface area contributed by atoms with E-state index in [0.29, 0.717) is 11.5 Å². The number of rotatable bonds is 1. The van der Waals surface area contributed by atoms with E-state index in [1.807, 2.05) is 13.8 Å². The number of hydrogen-bond donors (Lipinski definition) is 1. The minimum atomic E-state index is -0.578. The Balaban J connectivity index is 2.33. The van der Waals surface area contributed by atoms with Gasteiger partial charge in [0.05, 0.1) is 0 Å². The van der Waals surface area contributed by atoms with Gasteiger partial charge in [0.15, 0.2) is 11.5 Å². The van der Waals surface area contributed by atoms with Crippen molar-refractivity contribution < 1.29 is 9.32 Å². The van der Waals surface area contributed by atoms with E-state index in [2.05, 4.69) is 15.1 Å². The van der Waals surface area contributed by atoms with Crippen molar-refractivity contribution in [1.29, 1.82) is 0 Å². The highest BCUT2D eigenvalue weighted by molar-refractivity contribution is 5.94. The van der Waals surface area contributed by atoms with Crippen LogP contribution in [-0.2, 0) is 11.8 Å². The predicted octanol–water partition coefficient (Wildman–Crippen LogP) is 1.06. The summed E-state index contributed by atoms with van der Waals surface area (Å²) in [6, 6.07) is 0. The molecule has 92 valence electrons. The number of carbonyl (C=O) groups excluding carboxylic acids is 1. The Morgan fingerprint density at radius 1 is 1.50 bits per heavy atom. The van der Waals surface area contributed by atoms with Gasteiger partial charge in [-0.15, -0.1) is 0 Å². The highest BCUT2D eigenvalue weighted by Gasteiger charge is 2.39. The lowest BCUT2D eigenvalue weighted by molar-refractivity contribution is 0.0989. The molecule has 2 aromatic rings. The second kappa shape index (κ2) is 3.38. The molecule has 0 radical (unpaired) electrons. The maximum atomic E-state index is 11.4. The molecule has 6 nitrogen and oxygen atoms in total. The monoisotopic (exact) mass is 244 g/mol. The summed E-state index contributed by atoms with van der Waals surface area (Å²) < 4.78 is 5.27.